The first kappa shape index (κ1) is 16.4. The zero-order chi connectivity index (χ0) is 18.1. The minimum atomic E-state index is -0.375. The monoisotopic (exact) mass is 357 g/mol. The number of carbonyl (C=O) groups excluding carboxylic acids is 2. The first-order valence-electron chi connectivity index (χ1n) is 8.46. The Morgan fingerprint density at radius 2 is 2.12 bits per heavy atom. The van der Waals surface area contributed by atoms with Crippen molar-refractivity contribution in [3.8, 4) is 22.8 Å². The van der Waals surface area contributed by atoms with Gasteiger partial charge in [0.15, 0.2) is 11.5 Å². The van der Waals surface area contributed by atoms with E-state index in [9.17, 15) is 9.59 Å². The minimum absolute atomic E-state index is 0.0566. The first-order valence-corrected chi connectivity index (χ1v) is 8.46. The summed E-state index contributed by atoms with van der Waals surface area (Å²) in [6.07, 6.45) is 0.954. The van der Waals surface area contributed by atoms with Crippen LogP contribution in [0.15, 0.2) is 18.2 Å². The molecule has 3 heterocycles. The number of nitrogens with zero attached hydrogens (tertiary/aromatic N) is 2. The summed E-state index contributed by atoms with van der Waals surface area (Å²) in [6.45, 7) is 1.30. The third kappa shape index (κ3) is 2.98. The number of hydrogen-bond donors (Lipinski definition) is 1. The summed E-state index contributed by atoms with van der Waals surface area (Å²) < 4.78 is 15.4. The fraction of sp³-hybridized carbons (Fsp3) is 0.389. The van der Waals surface area contributed by atoms with Crippen LogP contribution in [0, 0.1) is 0 Å². The molecule has 2 aromatic rings. The molecule has 26 heavy (non-hydrogen) atoms. The van der Waals surface area contributed by atoms with E-state index in [0.29, 0.717) is 25.3 Å². The van der Waals surface area contributed by atoms with Crippen LogP contribution >= 0.6 is 0 Å². The number of methoxy groups -OCH3 is 1. The lowest BCUT2D eigenvalue weighted by Crippen LogP contribution is -2.36. The molecule has 0 aliphatic carbocycles. The van der Waals surface area contributed by atoms with E-state index in [1.165, 1.54) is 7.11 Å². The van der Waals surface area contributed by atoms with Crippen LogP contribution < -0.4 is 9.47 Å². The lowest BCUT2D eigenvalue weighted by atomic mass is 10.0. The van der Waals surface area contributed by atoms with Gasteiger partial charge < -0.3 is 19.1 Å². The van der Waals surface area contributed by atoms with Gasteiger partial charge in [0.2, 0.25) is 12.7 Å². The van der Waals surface area contributed by atoms with E-state index in [4.69, 9.17) is 9.47 Å². The van der Waals surface area contributed by atoms with Crippen LogP contribution in [0.25, 0.3) is 11.3 Å². The Labute approximate surface area is 150 Å². The Kier molecular flexibility index (Phi) is 4.24. The summed E-state index contributed by atoms with van der Waals surface area (Å²) in [5.41, 5.74) is 3.76. The predicted octanol–water partition coefficient (Wildman–Crippen LogP) is 1.64. The molecule has 0 bridgehead atoms. The first-order chi connectivity index (χ1) is 12.7. The van der Waals surface area contributed by atoms with Crippen molar-refractivity contribution < 1.29 is 23.8 Å². The largest absolute Gasteiger partial charge is 0.469 e. The summed E-state index contributed by atoms with van der Waals surface area (Å²) in [4.78, 5) is 25.4. The Morgan fingerprint density at radius 3 is 2.96 bits per heavy atom. The number of H-pyrrole nitrogens is 1. The van der Waals surface area contributed by atoms with Crippen LogP contribution in [0.3, 0.4) is 0 Å². The number of carbonyl (C=O) groups is 2. The smallest absolute Gasteiger partial charge is 0.306 e. The molecule has 1 amide bonds. The van der Waals surface area contributed by atoms with Gasteiger partial charge in [-0.05, 0) is 18.2 Å². The van der Waals surface area contributed by atoms with Crippen molar-refractivity contribution in [1.29, 1.82) is 0 Å². The van der Waals surface area contributed by atoms with Crippen molar-refractivity contribution in [2.75, 3.05) is 20.4 Å². The third-order valence-corrected chi connectivity index (χ3v) is 4.70. The van der Waals surface area contributed by atoms with Gasteiger partial charge in [0.05, 0.1) is 19.2 Å². The number of esters is 1. The molecule has 0 unspecified atom stereocenters. The quantitative estimate of drug-likeness (QED) is 0.836. The molecule has 1 aromatic heterocycles. The lowest BCUT2D eigenvalue weighted by molar-refractivity contribution is -0.143. The topological polar surface area (TPSA) is 93.8 Å². The van der Waals surface area contributed by atoms with E-state index >= 15 is 0 Å². The highest BCUT2D eigenvalue weighted by molar-refractivity contribution is 5.82. The van der Waals surface area contributed by atoms with Crippen LogP contribution in [0.2, 0.25) is 0 Å². The third-order valence-electron chi connectivity index (χ3n) is 4.70. The number of nitrogens with one attached hydrogen (secondary N) is 1. The molecule has 0 saturated heterocycles. The van der Waals surface area contributed by atoms with Gasteiger partial charge in [-0.15, -0.1) is 0 Å². The van der Waals surface area contributed by atoms with Crippen molar-refractivity contribution >= 4 is 11.9 Å². The molecule has 1 N–H and O–H groups in total. The van der Waals surface area contributed by atoms with Gasteiger partial charge in [0.25, 0.3) is 0 Å². The van der Waals surface area contributed by atoms with Crippen molar-refractivity contribution in [2.45, 2.75) is 25.8 Å². The minimum Gasteiger partial charge on any atom is -0.469 e. The van der Waals surface area contributed by atoms with Crippen molar-refractivity contribution in [3.05, 3.63) is 29.5 Å². The standard InChI is InChI=1S/C18H19N3O5/c1-24-17(23)5-4-16(22)21-7-6-13-12(9-21)18(20-19-13)11-2-3-14-15(8-11)26-10-25-14/h2-3,8H,4-7,9-10H2,1H3,(H,19,20). The highest BCUT2D eigenvalue weighted by atomic mass is 16.7. The maximum absolute atomic E-state index is 12.4. The Balaban J connectivity index is 1.53. The summed E-state index contributed by atoms with van der Waals surface area (Å²) >= 11 is 0. The van der Waals surface area contributed by atoms with Gasteiger partial charge in [-0.1, -0.05) is 0 Å². The number of fused-ring (bicyclic) bond motifs is 2. The molecular weight excluding hydrogens is 338 g/mol. The molecule has 1 aromatic carbocycles. The molecular formula is C18H19N3O5. The summed E-state index contributed by atoms with van der Waals surface area (Å²) in [5, 5.41) is 7.52. The van der Waals surface area contributed by atoms with E-state index in [1.54, 1.807) is 4.90 Å². The highest BCUT2D eigenvalue weighted by Crippen LogP contribution is 2.37. The molecule has 0 spiro atoms. The van der Waals surface area contributed by atoms with Crippen molar-refractivity contribution in [3.63, 3.8) is 0 Å². The fourth-order valence-corrected chi connectivity index (χ4v) is 3.26. The van der Waals surface area contributed by atoms with Gasteiger partial charge in [0.1, 0.15) is 0 Å². The zero-order valence-electron chi connectivity index (χ0n) is 14.4. The number of aromatic amines is 1. The maximum Gasteiger partial charge on any atom is 0.306 e. The Hall–Kier alpha value is -3.03. The average Bonchev–Trinajstić information content (AvgIpc) is 3.30. The second kappa shape index (κ2) is 6.70. The number of ether oxygens (including phenoxy) is 3. The van der Waals surface area contributed by atoms with E-state index in [2.05, 4.69) is 14.9 Å². The number of amides is 1. The van der Waals surface area contributed by atoms with Crippen molar-refractivity contribution in [2.24, 2.45) is 0 Å². The summed E-state index contributed by atoms with van der Waals surface area (Å²) in [5.74, 6) is 0.984. The number of benzene rings is 1. The van der Waals surface area contributed by atoms with Crippen LogP contribution in [0.4, 0.5) is 0 Å². The molecule has 0 saturated carbocycles. The molecule has 8 nitrogen and oxygen atoms in total. The molecule has 2 aliphatic rings. The second-order valence-electron chi connectivity index (χ2n) is 6.24. The Bertz CT molecular complexity index is 861. The molecule has 4 rings (SSSR count). The predicted molar refractivity (Wildman–Crippen MR) is 90.5 cm³/mol. The van der Waals surface area contributed by atoms with Crippen LogP contribution in [-0.2, 0) is 27.3 Å². The van der Waals surface area contributed by atoms with Gasteiger partial charge in [-0.25, -0.2) is 0 Å². The zero-order valence-corrected chi connectivity index (χ0v) is 14.4. The summed E-state index contributed by atoms with van der Waals surface area (Å²) in [7, 11) is 1.32. The number of rotatable bonds is 4. The van der Waals surface area contributed by atoms with Gasteiger partial charge in [0, 0.05) is 42.8 Å². The average molecular weight is 357 g/mol. The second-order valence-corrected chi connectivity index (χ2v) is 6.24. The fourth-order valence-electron chi connectivity index (χ4n) is 3.26. The van der Waals surface area contributed by atoms with E-state index in [0.717, 1.165) is 28.3 Å². The molecule has 8 heteroatoms. The lowest BCUT2D eigenvalue weighted by Gasteiger charge is -2.27. The summed E-state index contributed by atoms with van der Waals surface area (Å²) in [6, 6.07) is 5.69. The van der Waals surface area contributed by atoms with E-state index in [-0.39, 0.29) is 31.5 Å². The Morgan fingerprint density at radius 1 is 1.27 bits per heavy atom. The van der Waals surface area contributed by atoms with Crippen molar-refractivity contribution in [1.82, 2.24) is 15.1 Å². The van der Waals surface area contributed by atoms with Gasteiger partial charge in [-0.3, -0.25) is 14.7 Å². The SMILES string of the molecule is COC(=O)CCC(=O)N1CCc2[nH]nc(-c3ccc4c(c3)OCO4)c2C1. The van der Waals surface area contributed by atoms with Gasteiger partial charge in [-0.2, -0.15) is 5.10 Å². The van der Waals surface area contributed by atoms with E-state index < -0.39 is 0 Å². The number of hydrogen-bond acceptors (Lipinski definition) is 6. The van der Waals surface area contributed by atoms with Crippen LogP contribution in [0.5, 0.6) is 11.5 Å². The van der Waals surface area contributed by atoms with Crippen LogP contribution in [-0.4, -0.2) is 47.4 Å². The molecule has 2 aliphatic heterocycles. The van der Waals surface area contributed by atoms with Crippen LogP contribution in [0.1, 0.15) is 24.1 Å². The van der Waals surface area contributed by atoms with Gasteiger partial charge >= 0.3 is 5.97 Å². The molecule has 0 fully saturated rings. The maximum atomic E-state index is 12.4. The van der Waals surface area contributed by atoms with E-state index in [1.807, 2.05) is 18.2 Å². The molecule has 136 valence electrons. The normalized spacial score (nSPS) is 14.9. The highest BCUT2D eigenvalue weighted by Gasteiger charge is 2.26. The molecule has 0 atom stereocenters. The number of aromatic nitrogens is 2. The molecule has 0 radical (unpaired) electrons.